The van der Waals surface area contributed by atoms with Crippen LogP contribution in [0.5, 0.6) is 0 Å². The van der Waals surface area contributed by atoms with Crippen LogP contribution in [-0.2, 0) is 9.47 Å². The zero-order chi connectivity index (χ0) is 11.4. The van der Waals surface area contributed by atoms with Crippen molar-refractivity contribution in [2.24, 2.45) is 0 Å². The van der Waals surface area contributed by atoms with Crippen molar-refractivity contribution in [3.8, 4) is 0 Å². The first-order valence-electron chi connectivity index (χ1n) is 5.22. The van der Waals surface area contributed by atoms with Crippen LogP contribution in [0.4, 0.5) is 0 Å². The minimum atomic E-state index is -0.183. The fourth-order valence-electron chi connectivity index (χ4n) is 0.874. The first kappa shape index (κ1) is 13.6. The molecule has 0 aromatic heterocycles. The Morgan fingerprint density at radius 2 is 1.29 bits per heavy atom. The highest BCUT2D eigenvalue weighted by Crippen LogP contribution is 2.19. The highest BCUT2D eigenvalue weighted by molar-refractivity contribution is 6.40. The van der Waals surface area contributed by atoms with Gasteiger partial charge in [0.25, 0.3) is 5.95 Å². The van der Waals surface area contributed by atoms with Gasteiger partial charge in [-0.3, -0.25) is 0 Å². The van der Waals surface area contributed by atoms with E-state index in [-0.39, 0.29) is 20.7 Å². The molecule has 14 heavy (non-hydrogen) atoms. The lowest BCUT2D eigenvalue weighted by atomic mass is 10.2. The minimum Gasteiger partial charge on any atom is -0.460 e. The molecule has 2 nitrogen and oxygen atoms in total. The van der Waals surface area contributed by atoms with Crippen molar-refractivity contribution in [1.29, 1.82) is 0 Å². The van der Waals surface area contributed by atoms with Gasteiger partial charge in [0.1, 0.15) is 11.2 Å². The van der Waals surface area contributed by atoms with Gasteiger partial charge in [0, 0.05) is 0 Å². The van der Waals surface area contributed by atoms with Gasteiger partial charge >= 0.3 is 0 Å². The second-order valence-electron chi connectivity index (χ2n) is 5.36. The van der Waals surface area contributed by atoms with Gasteiger partial charge in [-0.05, 0) is 47.2 Å². The molecule has 0 N–H and O–H groups in total. The molecule has 0 amide bonds. The van der Waals surface area contributed by atoms with Crippen LogP contribution in [-0.4, -0.2) is 20.7 Å². The van der Waals surface area contributed by atoms with Crippen LogP contribution in [0.2, 0.25) is 6.55 Å². The van der Waals surface area contributed by atoms with Gasteiger partial charge in [0.2, 0.25) is 0 Å². The fraction of sp³-hybridized carbons (Fsp3) is 0.818. The van der Waals surface area contributed by atoms with Crippen molar-refractivity contribution in [2.75, 3.05) is 0 Å². The summed E-state index contributed by atoms with van der Waals surface area (Å²) in [5, 5.41) is 0. The summed E-state index contributed by atoms with van der Waals surface area (Å²) in [5.41, 5.74) is 1.75. The summed E-state index contributed by atoms with van der Waals surface area (Å²) in [6.07, 6.45) is 0. The molecule has 0 aromatic carbocycles. The molecule has 0 fully saturated rings. The van der Waals surface area contributed by atoms with Gasteiger partial charge in [-0.15, -0.1) is 0 Å². The van der Waals surface area contributed by atoms with Crippen LogP contribution < -0.4 is 0 Å². The van der Waals surface area contributed by atoms with Gasteiger partial charge in [-0.25, -0.2) is 0 Å². The molecule has 84 valence electrons. The Balaban J connectivity index is 4.41. The maximum Gasteiger partial charge on any atom is 0.271 e. The van der Waals surface area contributed by atoms with E-state index in [1.165, 1.54) is 0 Å². The standard InChI is InChI=1S/C11H24O2Si/c1-10(2,3)12-9(8-14-7)13-11(4,5)6/h8H,14H2,1-7H3. The largest absolute Gasteiger partial charge is 0.460 e. The molecular formula is C11H24O2Si. The lowest BCUT2D eigenvalue weighted by Gasteiger charge is -2.28. The van der Waals surface area contributed by atoms with E-state index in [9.17, 15) is 0 Å². The second-order valence-corrected chi connectivity index (χ2v) is 6.59. The Morgan fingerprint density at radius 3 is 1.50 bits per heavy atom. The summed E-state index contributed by atoms with van der Waals surface area (Å²) >= 11 is 0. The average molecular weight is 216 g/mol. The predicted octanol–water partition coefficient (Wildman–Crippen LogP) is 2.63. The number of hydrogen-bond donors (Lipinski definition) is 0. The summed E-state index contributed by atoms with van der Waals surface area (Å²) in [6, 6.07) is 0. The summed E-state index contributed by atoms with van der Waals surface area (Å²) in [7, 11) is -0.183. The summed E-state index contributed by atoms with van der Waals surface area (Å²) in [6.45, 7) is 14.4. The third-order valence-corrected chi connectivity index (χ3v) is 1.93. The van der Waals surface area contributed by atoms with Crippen molar-refractivity contribution < 1.29 is 9.47 Å². The average Bonchev–Trinajstić information content (AvgIpc) is 1.78. The van der Waals surface area contributed by atoms with Crippen molar-refractivity contribution in [3.05, 3.63) is 11.6 Å². The summed E-state index contributed by atoms with van der Waals surface area (Å²) < 4.78 is 11.5. The molecule has 0 aliphatic heterocycles. The van der Waals surface area contributed by atoms with Crippen molar-refractivity contribution >= 4 is 9.52 Å². The Bertz CT molecular complexity index is 178. The monoisotopic (exact) mass is 216 g/mol. The molecule has 0 aliphatic rings. The third kappa shape index (κ3) is 8.17. The van der Waals surface area contributed by atoms with E-state index in [4.69, 9.17) is 9.47 Å². The Labute approximate surface area is 90.5 Å². The highest BCUT2D eigenvalue weighted by atomic mass is 28.2. The number of rotatable bonds is 3. The third-order valence-electron chi connectivity index (χ3n) is 1.18. The molecule has 0 rings (SSSR count). The lowest BCUT2D eigenvalue weighted by molar-refractivity contribution is -0.0909. The zero-order valence-electron chi connectivity index (χ0n) is 10.6. The molecule has 0 saturated carbocycles. The summed E-state index contributed by atoms with van der Waals surface area (Å²) in [4.78, 5) is 0. The maximum atomic E-state index is 5.73. The lowest BCUT2D eigenvalue weighted by Crippen LogP contribution is -2.26. The van der Waals surface area contributed by atoms with Gasteiger partial charge in [0.15, 0.2) is 0 Å². The highest BCUT2D eigenvalue weighted by Gasteiger charge is 2.19. The molecule has 0 aliphatic carbocycles. The zero-order valence-corrected chi connectivity index (χ0v) is 12.0. The van der Waals surface area contributed by atoms with Crippen molar-refractivity contribution in [1.82, 2.24) is 0 Å². The predicted molar refractivity (Wildman–Crippen MR) is 64.2 cm³/mol. The number of ether oxygens (including phenoxy) is 2. The maximum absolute atomic E-state index is 5.73. The van der Waals surface area contributed by atoms with Crippen LogP contribution in [0.1, 0.15) is 41.5 Å². The second kappa shape index (κ2) is 4.87. The van der Waals surface area contributed by atoms with E-state index in [2.05, 4.69) is 12.2 Å². The molecule has 0 radical (unpaired) electrons. The molecule has 0 aromatic rings. The molecule has 0 spiro atoms. The van der Waals surface area contributed by atoms with E-state index in [1.54, 1.807) is 0 Å². The Morgan fingerprint density at radius 1 is 0.929 bits per heavy atom. The molecule has 3 heteroatoms. The normalized spacial score (nSPS) is 13.1. The summed E-state index contributed by atoms with van der Waals surface area (Å²) in [5.74, 6) is 0.694. The van der Waals surface area contributed by atoms with E-state index >= 15 is 0 Å². The smallest absolute Gasteiger partial charge is 0.271 e. The quantitative estimate of drug-likeness (QED) is 0.533. The molecule has 0 bridgehead atoms. The van der Waals surface area contributed by atoms with E-state index < -0.39 is 0 Å². The van der Waals surface area contributed by atoms with Crippen LogP contribution >= 0.6 is 0 Å². The number of hydrogen-bond acceptors (Lipinski definition) is 2. The van der Waals surface area contributed by atoms with E-state index in [1.807, 2.05) is 41.5 Å². The molecular weight excluding hydrogens is 192 g/mol. The Kier molecular flexibility index (Phi) is 4.72. The van der Waals surface area contributed by atoms with Gasteiger partial charge in [-0.1, -0.05) is 6.55 Å². The van der Waals surface area contributed by atoms with Crippen molar-refractivity contribution in [3.63, 3.8) is 0 Å². The molecule has 0 atom stereocenters. The van der Waals surface area contributed by atoms with Crippen LogP contribution in [0.15, 0.2) is 11.6 Å². The van der Waals surface area contributed by atoms with E-state index in [0.29, 0.717) is 5.95 Å². The van der Waals surface area contributed by atoms with E-state index in [0.717, 1.165) is 0 Å². The fourth-order valence-corrected chi connectivity index (χ4v) is 1.37. The molecule has 0 heterocycles. The first-order valence-corrected chi connectivity index (χ1v) is 7.45. The van der Waals surface area contributed by atoms with Crippen LogP contribution in [0.25, 0.3) is 0 Å². The topological polar surface area (TPSA) is 18.5 Å². The van der Waals surface area contributed by atoms with Gasteiger partial charge in [0.05, 0.1) is 9.52 Å². The van der Waals surface area contributed by atoms with Gasteiger partial charge in [-0.2, -0.15) is 0 Å². The minimum absolute atomic E-state index is 0.180. The molecule has 0 unspecified atom stereocenters. The Hall–Kier alpha value is -0.443. The SMILES string of the molecule is C[SiH2]C=C(OC(C)(C)C)OC(C)(C)C. The molecule has 0 saturated heterocycles. The van der Waals surface area contributed by atoms with Gasteiger partial charge < -0.3 is 9.47 Å². The van der Waals surface area contributed by atoms with Crippen LogP contribution in [0.3, 0.4) is 0 Å². The van der Waals surface area contributed by atoms with Crippen molar-refractivity contribution in [2.45, 2.75) is 59.3 Å². The first-order chi connectivity index (χ1) is 6.14. The van der Waals surface area contributed by atoms with Crippen LogP contribution in [0, 0.1) is 0 Å².